The van der Waals surface area contributed by atoms with Gasteiger partial charge in [0.25, 0.3) is 0 Å². The number of benzene rings is 1. The molecule has 114 valence electrons. The predicted molar refractivity (Wildman–Crippen MR) is 84.4 cm³/mol. The summed E-state index contributed by atoms with van der Waals surface area (Å²) in [6.07, 6.45) is 1.50. The van der Waals surface area contributed by atoms with Crippen LogP contribution in [0.15, 0.2) is 29.0 Å². The van der Waals surface area contributed by atoms with Crippen LogP contribution in [0.3, 0.4) is 0 Å². The molecule has 0 aliphatic carbocycles. The summed E-state index contributed by atoms with van der Waals surface area (Å²) in [4.78, 5) is 29.8. The summed E-state index contributed by atoms with van der Waals surface area (Å²) in [5.74, 6) is -0.405. The largest absolute Gasteiger partial charge is 0.312 e. The SMILES string of the molecule is Cc1cc(N2C[C@H](C(=O)Nc3ncn[nH]3)CC2=O)ccc1Br. The van der Waals surface area contributed by atoms with Crippen molar-refractivity contribution in [1.29, 1.82) is 0 Å². The fraction of sp³-hybridized carbons (Fsp3) is 0.286. The van der Waals surface area contributed by atoms with E-state index in [1.54, 1.807) is 4.90 Å². The van der Waals surface area contributed by atoms with Crippen molar-refractivity contribution in [2.24, 2.45) is 5.92 Å². The number of carbonyl (C=O) groups excluding carboxylic acids is 2. The van der Waals surface area contributed by atoms with Gasteiger partial charge in [0, 0.05) is 23.1 Å². The maximum absolute atomic E-state index is 12.2. The molecule has 0 bridgehead atoms. The van der Waals surface area contributed by atoms with Crippen molar-refractivity contribution in [3.8, 4) is 0 Å². The number of nitrogens with zero attached hydrogens (tertiary/aromatic N) is 3. The lowest BCUT2D eigenvalue weighted by molar-refractivity contribution is -0.122. The van der Waals surface area contributed by atoms with Crippen molar-refractivity contribution in [2.45, 2.75) is 13.3 Å². The zero-order chi connectivity index (χ0) is 15.7. The number of hydrogen-bond acceptors (Lipinski definition) is 4. The first-order chi connectivity index (χ1) is 10.5. The minimum atomic E-state index is -0.401. The Hall–Kier alpha value is -2.22. The van der Waals surface area contributed by atoms with Crippen molar-refractivity contribution < 1.29 is 9.59 Å². The molecular formula is C14H14BrN5O2. The van der Waals surface area contributed by atoms with Crippen molar-refractivity contribution in [2.75, 3.05) is 16.8 Å². The standard InChI is InChI=1S/C14H14BrN5O2/c1-8-4-10(2-3-11(8)15)20-6-9(5-12(20)21)13(22)18-14-16-7-17-19-14/h2-4,7,9H,5-6H2,1H3,(H2,16,17,18,19,22)/t9-/m1/s1. The molecular weight excluding hydrogens is 350 g/mol. The van der Waals surface area contributed by atoms with Crippen LogP contribution >= 0.6 is 15.9 Å². The van der Waals surface area contributed by atoms with E-state index < -0.39 is 5.92 Å². The van der Waals surface area contributed by atoms with E-state index in [2.05, 4.69) is 36.4 Å². The number of carbonyl (C=O) groups is 2. The fourth-order valence-corrected chi connectivity index (χ4v) is 2.66. The number of aromatic amines is 1. The predicted octanol–water partition coefficient (Wildman–Crippen LogP) is 1.87. The van der Waals surface area contributed by atoms with Gasteiger partial charge in [0.15, 0.2) is 0 Å². The molecule has 2 N–H and O–H groups in total. The maximum Gasteiger partial charge on any atom is 0.232 e. The third kappa shape index (κ3) is 2.87. The monoisotopic (exact) mass is 363 g/mol. The summed E-state index contributed by atoms with van der Waals surface area (Å²) in [5.41, 5.74) is 1.85. The molecule has 1 aliphatic rings. The van der Waals surface area contributed by atoms with E-state index in [-0.39, 0.29) is 24.2 Å². The second kappa shape index (κ2) is 5.88. The van der Waals surface area contributed by atoms with Gasteiger partial charge in [-0.15, -0.1) is 0 Å². The van der Waals surface area contributed by atoms with E-state index in [9.17, 15) is 9.59 Å². The fourth-order valence-electron chi connectivity index (χ4n) is 2.41. The quantitative estimate of drug-likeness (QED) is 0.870. The number of aryl methyl sites for hydroxylation is 1. The van der Waals surface area contributed by atoms with Gasteiger partial charge in [-0.1, -0.05) is 15.9 Å². The summed E-state index contributed by atoms with van der Waals surface area (Å²) >= 11 is 3.44. The summed E-state index contributed by atoms with van der Waals surface area (Å²) < 4.78 is 0.988. The van der Waals surface area contributed by atoms with E-state index in [0.717, 1.165) is 15.7 Å². The Morgan fingerprint density at radius 3 is 3.00 bits per heavy atom. The van der Waals surface area contributed by atoms with Crippen LogP contribution in [-0.2, 0) is 9.59 Å². The molecule has 2 aromatic rings. The molecule has 1 aliphatic heterocycles. The molecule has 3 rings (SSSR count). The molecule has 0 radical (unpaired) electrons. The third-order valence-electron chi connectivity index (χ3n) is 3.61. The van der Waals surface area contributed by atoms with Crippen molar-refractivity contribution in [3.05, 3.63) is 34.6 Å². The van der Waals surface area contributed by atoms with Crippen LogP contribution in [0.4, 0.5) is 11.6 Å². The second-order valence-corrected chi connectivity index (χ2v) is 6.02. The summed E-state index contributed by atoms with van der Waals surface area (Å²) in [7, 11) is 0. The topological polar surface area (TPSA) is 91.0 Å². The number of rotatable bonds is 3. The number of hydrogen-bond donors (Lipinski definition) is 2. The Bertz CT molecular complexity index is 716. The molecule has 0 unspecified atom stereocenters. The maximum atomic E-state index is 12.2. The Balaban J connectivity index is 1.72. The average Bonchev–Trinajstić information content (AvgIpc) is 3.11. The minimum absolute atomic E-state index is 0.0561. The molecule has 1 saturated heterocycles. The molecule has 1 atom stereocenters. The average molecular weight is 364 g/mol. The summed E-state index contributed by atoms with van der Waals surface area (Å²) in [6.45, 7) is 2.32. The molecule has 1 aromatic carbocycles. The van der Waals surface area contributed by atoms with Gasteiger partial charge in [-0.3, -0.25) is 14.9 Å². The summed E-state index contributed by atoms with van der Waals surface area (Å²) in [5, 5.41) is 8.85. The van der Waals surface area contributed by atoms with Crippen LogP contribution in [0.5, 0.6) is 0 Å². The van der Waals surface area contributed by atoms with E-state index in [0.29, 0.717) is 6.54 Å². The summed E-state index contributed by atoms with van der Waals surface area (Å²) in [6, 6.07) is 5.70. The molecule has 0 saturated carbocycles. The lowest BCUT2D eigenvalue weighted by Crippen LogP contribution is -2.28. The van der Waals surface area contributed by atoms with Crippen molar-refractivity contribution in [1.82, 2.24) is 15.2 Å². The highest BCUT2D eigenvalue weighted by Gasteiger charge is 2.35. The smallest absolute Gasteiger partial charge is 0.232 e. The molecule has 7 nitrogen and oxygen atoms in total. The van der Waals surface area contributed by atoms with Gasteiger partial charge in [0.2, 0.25) is 17.8 Å². The van der Waals surface area contributed by atoms with Gasteiger partial charge < -0.3 is 4.90 Å². The third-order valence-corrected chi connectivity index (χ3v) is 4.50. The Morgan fingerprint density at radius 2 is 2.32 bits per heavy atom. The highest BCUT2D eigenvalue weighted by atomic mass is 79.9. The highest BCUT2D eigenvalue weighted by Crippen LogP contribution is 2.28. The molecule has 2 heterocycles. The second-order valence-electron chi connectivity index (χ2n) is 5.16. The van der Waals surface area contributed by atoms with E-state index >= 15 is 0 Å². The van der Waals surface area contributed by atoms with Gasteiger partial charge >= 0.3 is 0 Å². The van der Waals surface area contributed by atoms with Crippen LogP contribution in [0, 0.1) is 12.8 Å². The molecule has 22 heavy (non-hydrogen) atoms. The van der Waals surface area contributed by atoms with Crippen LogP contribution in [0.25, 0.3) is 0 Å². The molecule has 0 spiro atoms. The Kier molecular flexibility index (Phi) is 3.93. The molecule has 1 fully saturated rings. The molecule has 2 amide bonds. The molecule has 1 aromatic heterocycles. The lowest BCUT2D eigenvalue weighted by Gasteiger charge is -2.17. The highest BCUT2D eigenvalue weighted by molar-refractivity contribution is 9.10. The van der Waals surface area contributed by atoms with Crippen LogP contribution in [0.2, 0.25) is 0 Å². The Labute approximate surface area is 135 Å². The minimum Gasteiger partial charge on any atom is -0.312 e. The first-order valence-electron chi connectivity index (χ1n) is 6.77. The van der Waals surface area contributed by atoms with E-state index in [1.807, 2.05) is 25.1 Å². The van der Waals surface area contributed by atoms with E-state index in [1.165, 1.54) is 6.33 Å². The van der Waals surface area contributed by atoms with Gasteiger partial charge in [0.1, 0.15) is 6.33 Å². The first kappa shape index (κ1) is 14.7. The first-order valence-corrected chi connectivity index (χ1v) is 7.56. The number of H-pyrrole nitrogens is 1. The van der Waals surface area contributed by atoms with Gasteiger partial charge in [-0.05, 0) is 30.7 Å². The van der Waals surface area contributed by atoms with Gasteiger partial charge in [-0.25, -0.2) is 5.10 Å². The van der Waals surface area contributed by atoms with Crippen molar-refractivity contribution in [3.63, 3.8) is 0 Å². The lowest BCUT2D eigenvalue weighted by atomic mass is 10.1. The van der Waals surface area contributed by atoms with E-state index in [4.69, 9.17) is 0 Å². The number of nitrogens with one attached hydrogen (secondary N) is 2. The van der Waals surface area contributed by atoms with Gasteiger partial charge in [-0.2, -0.15) is 10.1 Å². The van der Waals surface area contributed by atoms with Crippen LogP contribution < -0.4 is 10.2 Å². The number of amides is 2. The molecule has 8 heteroatoms. The Morgan fingerprint density at radius 1 is 1.50 bits per heavy atom. The van der Waals surface area contributed by atoms with Crippen molar-refractivity contribution >= 4 is 39.4 Å². The zero-order valence-electron chi connectivity index (χ0n) is 11.8. The number of halogens is 1. The number of aromatic nitrogens is 3. The van der Waals surface area contributed by atoms with Crippen LogP contribution in [0.1, 0.15) is 12.0 Å². The van der Waals surface area contributed by atoms with Gasteiger partial charge in [0.05, 0.1) is 5.92 Å². The normalized spacial score (nSPS) is 17.8. The zero-order valence-corrected chi connectivity index (χ0v) is 13.4. The van der Waals surface area contributed by atoms with Crippen LogP contribution in [-0.4, -0.2) is 33.5 Å². The number of anilines is 2.